The van der Waals surface area contributed by atoms with Crippen molar-refractivity contribution < 1.29 is 17.9 Å². The van der Waals surface area contributed by atoms with Crippen LogP contribution in [0.2, 0.25) is 0 Å². The first-order valence-corrected chi connectivity index (χ1v) is 5.11. The Morgan fingerprint density at radius 1 is 1.50 bits per heavy atom. The van der Waals surface area contributed by atoms with Gasteiger partial charge in [0.25, 0.3) is 0 Å². The fourth-order valence-electron chi connectivity index (χ4n) is 1.10. The molecular weight excluding hydrogens is 221 g/mol. The topological polar surface area (TPSA) is 27.1 Å². The molecule has 0 N–H and O–H groups in total. The highest BCUT2D eigenvalue weighted by molar-refractivity contribution is 4.97. The molecule has 0 aliphatic carbocycles. The summed E-state index contributed by atoms with van der Waals surface area (Å²) in [4.78, 5) is 0. The molecule has 6 heteroatoms. The summed E-state index contributed by atoms with van der Waals surface area (Å²) >= 11 is 0. The van der Waals surface area contributed by atoms with Crippen molar-refractivity contribution in [2.75, 3.05) is 0 Å². The molecule has 0 spiro atoms. The van der Waals surface area contributed by atoms with Crippen LogP contribution < -0.4 is 0 Å². The monoisotopic (exact) mass is 236 g/mol. The molecule has 1 heterocycles. The first-order chi connectivity index (χ1) is 7.40. The van der Waals surface area contributed by atoms with E-state index in [2.05, 4.69) is 5.10 Å². The van der Waals surface area contributed by atoms with Gasteiger partial charge in [0, 0.05) is 6.20 Å². The second-order valence-electron chi connectivity index (χ2n) is 3.65. The van der Waals surface area contributed by atoms with Crippen LogP contribution in [0.5, 0.6) is 0 Å². The minimum Gasteiger partial charge on any atom is -0.372 e. The highest BCUT2D eigenvalue weighted by Crippen LogP contribution is 2.17. The molecule has 0 unspecified atom stereocenters. The van der Waals surface area contributed by atoms with Gasteiger partial charge in [-0.25, -0.2) is 0 Å². The van der Waals surface area contributed by atoms with E-state index in [4.69, 9.17) is 4.74 Å². The number of aromatic nitrogens is 2. The van der Waals surface area contributed by atoms with E-state index in [1.54, 1.807) is 0 Å². The highest BCUT2D eigenvalue weighted by atomic mass is 19.4. The Morgan fingerprint density at radius 2 is 2.19 bits per heavy atom. The van der Waals surface area contributed by atoms with E-state index in [0.29, 0.717) is 5.69 Å². The van der Waals surface area contributed by atoms with Crippen molar-refractivity contribution in [1.29, 1.82) is 0 Å². The molecule has 3 nitrogen and oxygen atoms in total. The average Bonchev–Trinajstić information content (AvgIpc) is 2.59. The summed E-state index contributed by atoms with van der Waals surface area (Å²) in [7, 11) is 0. The molecular formula is C10H15F3N2O. The lowest BCUT2D eigenvalue weighted by atomic mass is 10.3. The number of halogens is 3. The van der Waals surface area contributed by atoms with Crippen LogP contribution in [0, 0.1) is 0 Å². The van der Waals surface area contributed by atoms with Gasteiger partial charge in [0.1, 0.15) is 6.54 Å². The Balaban J connectivity index is 2.45. The summed E-state index contributed by atoms with van der Waals surface area (Å²) in [5.41, 5.74) is 0.518. The van der Waals surface area contributed by atoms with Crippen LogP contribution >= 0.6 is 0 Å². The molecule has 1 aromatic rings. The molecule has 1 rings (SSSR count). The van der Waals surface area contributed by atoms with E-state index in [-0.39, 0.29) is 12.7 Å². The number of rotatable bonds is 5. The zero-order valence-electron chi connectivity index (χ0n) is 9.29. The zero-order valence-corrected chi connectivity index (χ0v) is 9.29. The predicted octanol–water partition coefficient (Wildman–Crippen LogP) is 2.76. The lowest BCUT2D eigenvalue weighted by Gasteiger charge is -2.08. The van der Waals surface area contributed by atoms with E-state index < -0.39 is 12.7 Å². The molecule has 0 saturated carbocycles. The molecule has 0 aliphatic heterocycles. The lowest BCUT2D eigenvalue weighted by molar-refractivity contribution is -0.142. The van der Waals surface area contributed by atoms with Crippen LogP contribution in [-0.4, -0.2) is 22.1 Å². The second kappa shape index (κ2) is 5.34. The van der Waals surface area contributed by atoms with Crippen LogP contribution in [0.4, 0.5) is 13.2 Å². The van der Waals surface area contributed by atoms with Gasteiger partial charge in [-0.3, -0.25) is 4.68 Å². The van der Waals surface area contributed by atoms with Crippen molar-refractivity contribution in [3.8, 4) is 0 Å². The molecule has 0 radical (unpaired) electrons. The van der Waals surface area contributed by atoms with Crippen LogP contribution in [0.1, 0.15) is 26.0 Å². The number of hydrogen-bond acceptors (Lipinski definition) is 2. The van der Waals surface area contributed by atoms with E-state index in [0.717, 1.165) is 11.1 Å². The lowest BCUT2D eigenvalue weighted by Crippen LogP contribution is -2.18. The summed E-state index contributed by atoms with van der Waals surface area (Å²) in [6.45, 7) is 3.08. The van der Waals surface area contributed by atoms with Crippen LogP contribution in [-0.2, 0) is 17.9 Å². The minimum atomic E-state index is -4.24. The van der Waals surface area contributed by atoms with Gasteiger partial charge in [-0.1, -0.05) is 6.92 Å². The molecule has 16 heavy (non-hydrogen) atoms. The number of nitrogens with zero attached hydrogens (tertiary/aromatic N) is 2. The maximum Gasteiger partial charge on any atom is 0.408 e. The van der Waals surface area contributed by atoms with Crippen LogP contribution in [0.3, 0.4) is 0 Å². The minimum absolute atomic E-state index is 0.0905. The fraction of sp³-hybridized carbons (Fsp3) is 0.700. The quantitative estimate of drug-likeness (QED) is 0.786. The smallest absolute Gasteiger partial charge is 0.372 e. The highest BCUT2D eigenvalue weighted by Gasteiger charge is 2.28. The van der Waals surface area contributed by atoms with Crippen molar-refractivity contribution in [3.05, 3.63) is 18.0 Å². The Hall–Kier alpha value is -1.04. The normalized spacial score (nSPS) is 14.1. The summed E-state index contributed by atoms with van der Waals surface area (Å²) in [5.74, 6) is 0. The zero-order chi connectivity index (χ0) is 12.2. The van der Waals surface area contributed by atoms with Gasteiger partial charge in [-0.15, -0.1) is 0 Å². The van der Waals surface area contributed by atoms with Gasteiger partial charge in [0.05, 0.1) is 18.4 Å². The molecule has 0 fully saturated rings. The largest absolute Gasteiger partial charge is 0.408 e. The molecule has 0 bridgehead atoms. The fourth-order valence-corrected chi connectivity index (χ4v) is 1.10. The van der Waals surface area contributed by atoms with Crippen molar-refractivity contribution in [3.63, 3.8) is 0 Å². The SMILES string of the molecule is CC[C@@H](C)OCc1ccn(CC(F)(F)F)n1. The number of hydrogen-bond donors (Lipinski definition) is 0. The van der Waals surface area contributed by atoms with Gasteiger partial charge in [-0.2, -0.15) is 18.3 Å². The van der Waals surface area contributed by atoms with E-state index >= 15 is 0 Å². The molecule has 1 atom stereocenters. The van der Waals surface area contributed by atoms with Gasteiger partial charge in [0.15, 0.2) is 0 Å². The van der Waals surface area contributed by atoms with E-state index in [9.17, 15) is 13.2 Å². The second-order valence-corrected chi connectivity index (χ2v) is 3.65. The molecule has 1 aromatic heterocycles. The number of ether oxygens (including phenoxy) is 1. The Bertz CT molecular complexity index is 322. The third kappa shape index (κ3) is 4.65. The summed E-state index contributed by atoms with van der Waals surface area (Å²) in [6, 6.07) is 1.54. The molecule has 0 saturated heterocycles. The Morgan fingerprint density at radius 3 is 2.75 bits per heavy atom. The maximum absolute atomic E-state index is 12.0. The molecule has 0 aliphatic rings. The predicted molar refractivity (Wildman–Crippen MR) is 52.8 cm³/mol. The number of alkyl halides is 3. The Kier molecular flexibility index (Phi) is 4.35. The first kappa shape index (κ1) is 13.0. The van der Waals surface area contributed by atoms with E-state index in [1.807, 2.05) is 13.8 Å². The molecule has 0 amide bonds. The summed E-state index contributed by atoms with van der Waals surface area (Å²) in [5, 5.41) is 3.77. The molecule has 0 aromatic carbocycles. The van der Waals surface area contributed by atoms with Crippen molar-refractivity contribution >= 4 is 0 Å². The van der Waals surface area contributed by atoms with Gasteiger partial charge in [-0.05, 0) is 19.4 Å². The van der Waals surface area contributed by atoms with Gasteiger partial charge >= 0.3 is 6.18 Å². The van der Waals surface area contributed by atoms with Crippen molar-refractivity contribution in [1.82, 2.24) is 9.78 Å². The van der Waals surface area contributed by atoms with Crippen LogP contribution in [0.15, 0.2) is 12.3 Å². The standard InChI is InChI=1S/C10H15F3N2O/c1-3-8(2)16-6-9-4-5-15(14-9)7-10(11,12)13/h4-5,8H,3,6-7H2,1-2H3/t8-/m1/s1. The summed E-state index contributed by atoms with van der Waals surface area (Å²) < 4.78 is 42.3. The first-order valence-electron chi connectivity index (χ1n) is 5.11. The average molecular weight is 236 g/mol. The van der Waals surface area contributed by atoms with Crippen molar-refractivity contribution in [2.24, 2.45) is 0 Å². The van der Waals surface area contributed by atoms with Crippen LogP contribution in [0.25, 0.3) is 0 Å². The third-order valence-corrected chi connectivity index (χ3v) is 2.13. The maximum atomic E-state index is 12.0. The van der Waals surface area contributed by atoms with Gasteiger partial charge < -0.3 is 4.74 Å². The van der Waals surface area contributed by atoms with Crippen molar-refractivity contribution in [2.45, 2.75) is 45.7 Å². The van der Waals surface area contributed by atoms with E-state index in [1.165, 1.54) is 12.3 Å². The summed E-state index contributed by atoms with van der Waals surface area (Å²) in [6.07, 6.45) is -1.97. The molecule has 92 valence electrons. The third-order valence-electron chi connectivity index (χ3n) is 2.13. The van der Waals surface area contributed by atoms with Gasteiger partial charge in [0.2, 0.25) is 0 Å². The Labute approximate surface area is 92.2 Å².